The number of carbonyl (C=O) groups is 1. The van der Waals surface area contributed by atoms with E-state index in [9.17, 15) is 13.6 Å². The zero-order chi connectivity index (χ0) is 23.4. The molecular formula is C24H32F2N4O2S. The number of ether oxygens (including phenoxy) is 1. The Morgan fingerprint density at radius 2 is 2.12 bits per heavy atom. The van der Waals surface area contributed by atoms with Crippen LogP contribution in [0.4, 0.5) is 8.78 Å². The fourth-order valence-corrected chi connectivity index (χ4v) is 5.52. The zero-order valence-corrected chi connectivity index (χ0v) is 20.1. The predicted molar refractivity (Wildman–Crippen MR) is 124 cm³/mol. The summed E-state index contributed by atoms with van der Waals surface area (Å²) < 4.78 is 31.3. The first kappa shape index (κ1) is 24.0. The molecule has 9 heteroatoms. The fraction of sp³-hybridized carbons (Fsp3) is 0.625. The van der Waals surface area contributed by atoms with E-state index in [0.717, 1.165) is 81.3 Å². The molecule has 1 N–H and O–H groups in total. The summed E-state index contributed by atoms with van der Waals surface area (Å²) in [5.74, 6) is -2.21. The molecule has 0 atom stereocenters. The van der Waals surface area contributed by atoms with Gasteiger partial charge >= 0.3 is 0 Å². The van der Waals surface area contributed by atoms with Gasteiger partial charge in [0.1, 0.15) is 0 Å². The Bertz CT molecular complexity index is 954. The van der Waals surface area contributed by atoms with Gasteiger partial charge in [0.15, 0.2) is 6.61 Å². The largest absolute Gasteiger partial charge is 0.464 e. The van der Waals surface area contributed by atoms with Gasteiger partial charge in [-0.3, -0.25) is 14.7 Å². The highest BCUT2D eigenvalue weighted by Crippen LogP contribution is 2.32. The number of hydrogen-bond donors (Lipinski definition) is 1. The number of carbonyl (C=O) groups excluding carboxylic acids is 1. The van der Waals surface area contributed by atoms with Crippen LogP contribution in [0.1, 0.15) is 65.7 Å². The summed E-state index contributed by atoms with van der Waals surface area (Å²) in [5.41, 5.74) is 2.39. The highest BCUT2D eigenvalue weighted by atomic mass is 32.1. The van der Waals surface area contributed by atoms with Crippen molar-refractivity contribution in [2.75, 3.05) is 19.7 Å². The Hall–Kier alpha value is -2.13. The van der Waals surface area contributed by atoms with Crippen molar-refractivity contribution in [3.63, 3.8) is 0 Å². The minimum Gasteiger partial charge on any atom is -0.464 e. The van der Waals surface area contributed by atoms with E-state index in [2.05, 4.69) is 20.2 Å². The Kier molecular flexibility index (Phi) is 7.58. The summed E-state index contributed by atoms with van der Waals surface area (Å²) in [7, 11) is 0. The first-order valence-corrected chi connectivity index (χ1v) is 12.5. The Balaban J connectivity index is 1.18. The summed E-state index contributed by atoms with van der Waals surface area (Å²) in [5, 5.41) is 3.53. The van der Waals surface area contributed by atoms with Gasteiger partial charge in [0.05, 0.1) is 11.3 Å². The lowest BCUT2D eigenvalue weighted by Gasteiger charge is -2.32. The highest BCUT2D eigenvalue weighted by molar-refractivity contribution is 7.13. The first-order chi connectivity index (χ1) is 15.8. The molecule has 1 aliphatic carbocycles. The molecule has 1 aliphatic heterocycles. The van der Waals surface area contributed by atoms with Crippen molar-refractivity contribution in [3.05, 3.63) is 40.2 Å². The lowest BCUT2D eigenvalue weighted by Crippen LogP contribution is -2.38. The average molecular weight is 479 g/mol. The van der Waals surface area contributed by atoms with E-state index in [-0.39, 0.29) is 11.9 Å². The number of hydrogen-bond acceptors (Lipinski definition) is 6. The van der Waals surface area contributed by atoms with E-state index in [4.69, 9.17) is 4.74 Å². The number of pyridine rings is 1. The fourth-order valence-electron chi connectivity index (χ4n) is 4.62. The third kappa shape index (κ3) is 6.69. The van der Waals surface area contributed by atoms with Gasteiger partial charge in [0, 0.05) is 42.8 Å². The molecule has 0 spiro atoms. The normalized spacial score (nSPS) is 21.5. The second-order valence-electron chi connectivity index (χ2n) is 9.35. The molecule has 6 nitrogen and oxygen atoms in total. The number of fused-ring (bicyclic) bond motifs is 1. The van der Waals surface area contributed by atoms with Gasteiger partial charge in [-0.2, -0.15) is 0 Å². The number of aryl methyl sites for hydroxylation is 1. The Morgan fingerprint density at radius 3 is 2.85 bits per heavy atom. The standard InChI is InChI=1S/C24H32F2N4O2S/c1-16-19(4-3-11-27-16)22(31)28-18-7-5-17(6-8-18)9-12-30-13-10-21-20(14-30)29-23(33-21)32-15-24(2,25)26/h3-4,11,17-18H,5-10,12-15H2,1-2H3,(H,28,31)/t17-,18-. The number of aromatic nitrogens is 2. The maximum absolute atomic E-state index is 13.0. The molecule has 0 saturated heterocycles. The van der Waals surface area contributed by atoms with Gasteiger partial charge in [0.25, 0.3) is 17.0 Å². The van der Waals surface area contributed by atoms with E-state index in [0.29, 0.717) is 16.7 Å². The number of rotatable bonds is 8. The monoisotopic (exact) mass is 478 g/mol. The van der Waals surface area contributed by atoms with Crippen LogP contribution < -0.4 is 10.1 Å². The van der Waals surface area contributed by atoms with Crippen molar-refractivity contribution in [2.24, 2.45) is 5.92 Å². The molecule has 3 heterocycles. The molecule has 2 aromatic rings. The maximum atomic E-state index is 13.0. The van der Waals surface area contributed by atoms with Crippen molar-refractivity contribution in [1.82, 2.24) is 20.2 Å². The van der Waals surface area contributed by atoms with Crippen LogP contribution in [0.25, 0.3) is 0 Å². The van der Waals surface area contributed by atoms with Gasteiger partial charge in [-0.05, 0) is 70.0 Å². The van der Waals surface area contributed by atoms with Gasteiger partial charge in [-0.25, -0.2) is 13.8 Å². The molecule has 0 unspecified atom stereocenters. The molecular weight excluding hydrogens is 446 g/mol. The SMILES string of the molecule is Cc1ncccc1C(=O)N[C@H]1CC[C@H](CCN2CCc3sc(OCC(C)(F)F)nc3C2)CC1. The average Bonchev–Trinajstić information content (AvgIpc) is 3.19. The topological polar surface area (TPSA) is 67.4 Å². The van der Waals surface area contributed by atoms with Crippen LogP contribution in [-0.4, -0.2) is 52.4 Å². The molecule has 0 aromatic carbocycles. The van der Waals surface area contributed by atoms with Gasteiger partial charge < -0.3 is 10.1 Å². The number of amides is 1. The number of nitrogens with one attached hydrogen (secondary N) is 1. The van der Waals surface area contributed by atoms with Crippen LogP contribution in [0.5, 0.6) is 5.19 Å². The van der Waals surface area contributed by atoms with Gasteiger partial charge in [-0.1, -0.05) is 11.3 Å². The van der Waals surface area contributed by atoms with Gasteiger partial charge in [0.2, 0.25) is 0 Å². The number of alkyl halides is 2. The second kappa shape index (κ2) is 10.4. The molecule has 2 aliphatic rings. The third-order valence-electron chi connectivity index (χ3n) is 6.52. The molecule has 4 rings (SSSR count). The molecule has 1 amide bonds. The van der Waals surface area contributed by atoms with Crippen molar-refractivity contribution >= 4 is 17.2 Å². The number of nitrogens with zero attached hydrogens (tertiary/aromatic N) is 3. The van der Waals surface area contributed by atoms with E-state index >= 15 is 0 Å². The lowest BCUT2D eigenvalue weighted by molar-refractivity contribution is -0.0230. The summed E-state index contributed by atoms with van der Waals surface area (Å²) in [6.07, 6.45) is 7.99. The second-order valence-corrected chi connectivity index (χ2v) is 10.4. The zero-order valence-electron chi connectivity index (χ0n) is 19.3. The third-order valence-corrected chi connectivity index (χ3v) is 7.59. The minimum atomic E-state index is -2.85. The summed E-state index contributed by atoms with van der Waals surface area (Å²) in [6, 6.07) is 3.85. The van der Waals surface area contributed by atoms with Crippen molar-refractivity contribution in [1.29, 1.82) is 0 Å². The Morgan fingerprint density at radius 1 is 1.33 bits per heavy atom. The lowest BCUT2D eigenvalue weighted by atomic mass is 9.84. The molecule has 180 valence electrons. The molecule has 2 aromatic heterocycles. The van der Waals surface area contributed by atoms with Crippen LogP contribution in [0.2, 0.25) is 0 Å². The van der Waals surface area contributed by atoms with Crippen LogP contribution >= 0.6 is 11.3 Å². The van der Waals surface area contributed by atoms with Crippen molar-refractivity contribution in [3.8, 4) is 5.19 Å². The summed E-state index contributed by atoms with van der Waals surface area (Å²) in [4.78, 5) is 24.7. The maximum Gasteiger partial charge on any atom is 0.278 e. The molecule has 0 radical (unpaired) electrons. The van der Waals surface area contributed by atoms with Crippen LogP contribution in [0, 0.1) is 12.8 Å². The van der Waals surface area contributed by atoms with E-state index in [1.54, 1.807) is 12.3 Å². The quantitative estimate of drug-likeness (QED) is 0.600. The van der Waals surface area contributed by atoms with Crippen LogP contribution in [0.3, 0.4) is 0 Å². The van der Waals surface area contributed by atoms with Gasteiger partial charge in [-0.15, -0.1) is 0 Å². The van der Waals surface area contributed by atoms with Crippen molar-refractivity contribution in [2.45, 2.75) is 70.9 Å². The highest BCUT2D eigenvalue weighted by Gasteiger charge is 2.27. The summed E-state index contributed by atoms with van der Waals surface area (Å²) >= 11 is 1.40. The number of halogens is 2. The molecule has 33 heavy (non-hydrogen) atoms. The minimum absolute atomic E-state index is 0.0255. The van der Waals surface area contributed by atoms with Crippen molar-refractivity contribution < 1.29 is 18.3 Å². The Labute approximate surface area is 197 Å². The first-order valence-electron chi connectivity index (χ1n) is 11.7. The molecule has 1 fully saturated rings. The predicted octanol–water partition coefficient (Wildman–Crippen LogP) is 4.62. The van der Waals surface area contributed by atoms with Crippen LogP contribution in [-0.2, 0) is 13.0 Å². The van der Waals surface area contributed by atoms with Crippen LogP contribution in [0.15, 0.2) is 18.3 Å². The smallest absolute Gasteiger partial charge is 0.278 e. The van der Waals surface area contributed by atoms with E-state index < -0.39 is 12.5 Å². The van der Waals surface area contributed by atoms with E-state index in [1.807, 2.05) is 13.0 Å². The molecule has 0 bridgehead atoms. The summed E-state index contributed by atoms with van der Waals surface area (Å²) in [6.45, 7) is 4.82. The molecule has 1 saturated carbocycles. The van der Waals surface area contributed by atoms with E-state index in [1.165, 1.54) is 11.3 Å². The number of thiazole rings is 1.